The van der Waals surface area contributed by atoms with E-state index in [9.17, 15) is 9.59 Å². The Kier molecular flexibility index (Phi) is 4.62. The number of benzene rings is 2. The van der Waals surface area contributed by atoms with Gasteiger partial charge in [-0.25, -0.2) is 0 Å². The van der Waals surface area contributed by atoms with Crippen LogP contribution < -0.4 is 16.0 Å². The lowest BCUT2D eigenvalue weighted by atomic mass is 9.98. The van der Waals surface area contributed by atoms with E-state index in [0.29, 0.717) is 17.8 Å². The molecule has 1 aliphatic rings. The van der Waals surface area contributed by atoms with Crippen molar-refractivity contribution in [2.24, 2.45) is 5.73 Å². The molecule has 1 unspecified atom stereocenters. The molecule has 2 aromatic carbocycles. The number of fused-ring (bicyclic) bond motifs is 1. The third kappa shape index (κ3) is 3.63. The maximum atomic E-state index is 12.4. The smallest absolute Gasteiger partial charge is 0.243 e. The molecule has 0 aliphatic carbocycles. The highest BCUT2D eigenvalue weighted by Crippen LogP contribution is 2.26. The van der Waals surface area contributed by atoms with Crippen molar-refractivity contribution in [2.75, 3.05) is 23.3 Å². The minimum Gasteiger partial charge on any atom is -0.360 e. The van der Waals surface area contributed by atoms with E-state index in [-0.39, 0.29) is 24.3 Å². The summed E-state index contributed by atoms with van der Waals surface area (Å²) >= 11 is 0. The molecule has 0 saturated carbocycles. The van der Waals surface area contributed by atoms with Crippen LogP contribution in [0.3, 0.4) is 0 Å². The summed E-state index contributed by atoms with van der Waals surface area (Å²) in [5.41, 5.74) is 9.55. The first-order valence-corrected chi connectivity index (χ1v) is 8.02. The lowest BCUT2D eigenvalue weighted by Crippen LogP contribution is -2.46. The quantitative estimate of drug-likeness (QED) is 0.846. The monoisotopic (exact) mass is 323 g/mol. The van der Waals surface area contributed by atoms with Gasteiger partial charge in [-0.15, -0.1) is 0 Å². The maximum Gasteiger partial charge on any atom is 0.243 e. The number of hydrogen-bond donors (Lipinski definition) is 2. The molecule has 1 aliphatic heterocycles. The summed E-state index contributed by atoms with van der Waals surface area (Å²) in [6, 6.07) is 15.0. The number of carbonyl (C=O) groups excluding carboxylic acids is 2. The number of nitrogens with one attached hydrogen (secondary N) is 1. The van der Waals surface area contributed by atoms with Crippen molar-refractivity contribution in [1.82, 2.24) is 0 Å². The standard InChI is InChI=1S/C19H21N3O2/c1-13(23)14-6-4-7-17(10-14)21-19(24)12-22-11-16(20)9-15-5-2-3-8-18(15)22/h2-8,10,16H,9,11-12,20H2,1H3,(H,21,24). The first kappa shape index (κ1) is 16.2. The zero-order valence-electron chi connectivity index (χ0n) is 13.7. The van der Waals surface area contributed by atoms with Crippen LogP contribution in [-0.4, -0.2) is 30.8 Å². The van der Waals surface area contributed by atoms with Crippen molar-refractivity contribution in [3.63, 3.8) is 0 Å². The highest BCUT2D eigenvalue weighted by molar-refractivity contribution is 5.98. The number of amides is 1. The summed E-state index contributed by atoms with van der Waals surface area (Å²) in [6.07, 6.45) is 0.828. The van der Waals surface area contributed by atoms with Gasteiger partial charge in [0, 0.05) is 29.5 Å². The highest BCUT2D eigenvalue weighted by Gasteiger charge is 2.23. The second kappa shape index (κ2) is 6.84. The zero-order chi connectivity index (χ0) is 17.1. The van der Waals surface area contributed by atoms with E-state index < -0.39 is 0 Å². The van der Waals surface area contributed by atoms with E-state index in [2.05, 4.69) is 11.4 Å². The number of carbonyl (C=O) groups is 2. The number of anilines is 2. The Balaban J connectivity index is 1.71. The van der Waals surface area contributed by atoms with E-state index in [4.69, 9.17) is 5.73 Å². The largest absolute Gasteiger partial charge is 0.360 e. The first-order chi connectivity index (χ1) is 11.5. The molecule has 124 valence electrons. The van der Waals surface area contributed by atoms with E-state index in [1.54, 1.807) is 24.3 Å². The summed E-state index contributed by atoms with van der Waals surface area (Å²) < 4.78 is 0. The molecule has 1 atom stereocenters. The van der Waals surface area contributed by atoms with E-state index >= 15 is 0 Å². The number of hydrogen-bond acceptors (Lipinski definition) is 4. The van der Waals surface area contributed by atoms with Gasteiger partial charge < -0.3 is 16.0 Å². The highest BCUT2D eigenvalue weighted by atomic mass is 16.2. The number of rotatable bonds is 4. The first-order valence-electron chi connectivity index (χ1n) is 8.02. The van der Waals surface area contributed by atoms with Crippen LogP contribution in [0.15, 0.2) is 48.5 Å². The Bertz CT molecular complexity index is 773. The molecule has 24 heavy (non-hydrogen) atoms. The minimum absolute atomic E-state index is 0.0220. The summed E-state index contributed by atoms with van der Waals surface area (Å²) in [4.78, 5) is 25.8. The average Bonchev–Trinajstić information content (AvgIpc) is 2.54. The van der Waals surface area contributed by atoms with Gasteiger partial charge in [0.15, 0.2) is 5.78 Å². The van der Waals surface area contributed by atoms with Crippen LogP contribution >= 0.6 is 0 Å². The Hall–Kier alpha value is -2.66. The van der Waals surface area contributed by atoms with Gasteiger partial charge in [-0.3, -0.25) is 9.59 Å². The molecule has 3 N–H and O–H groups in total. The molecule has 0 saturated heterocycles. The minimum atomic E-state index is -0.125. The Labute approximate surface area is 141 Å². The van der Waals surface area contributed by atoms with Crippen LogP contribution in [0.5, 0.6) is 0 Å². The fraction of sp³-hybridized carbons (Fsp3) is 0.263. The molecule has 2 aromatic rings. The van der Waals surface area contributed by atoms with Crippen molar-refractivity contribution in [2.45, 2.75) is 19.4 Å². The molecule has 0 fully saturated rings. The van der Waals surface area contributed by atoms with Crippen molar-refractivity contribution in [3.05, 3.63) is 59.7 Å². The topological polar surface area (TPSA) is 75.4 Å². The fourth-order valence-corrected chi connectivity index (χ4v) is 3.06. The Morgan fingerprint density at radius 1 is 1.21 bits per heavy atom. The zero-order valence-corrected chi connectivity index (χ0v) is 13.7. The summed E-state index contributed by atoms with van der Waals surface area (Å²) in [7, 11) is 0. The van der Waals surface area contributed by atoms with Crippen molar-refractivity contribution < 1.29 is 9.59 Å². The van der Waals surface area contributed by atoms with Crippen molar-refractivity contribution in [1.29, 1.82) is 0 Å². The summed E-state index contributed by atoms with van der Waals surface area (Å²) in [6.45, 7) is 2.39. The lowest BCUT2D eigenvalue weighted by Gasteiger charge is -2.34. The number of Topliss-reactive ketones (excluding diaryl/α,β-unsaturated/α-hetero) is 1. The van der Waals surface area contributed by atoms with E-state index in [0.717, 1.165) is 12.1 Å². The second-order valence-electron chi connectivity index (χ2n) is 6.16. The van der Waals surface area contributed by atoms with Gasteiger partial charge in [0.05, 0.1) is 6.54 Å². The van der Waals surface area contributed by atoms with Crippen LogP contribution in [0.25, 0.3) is 0 Å². The Morgan fingerprint density at radius 3 is 2.79 bits per heavy atom. The lowest BCUT2D eigenvalue weighted by molar-refractivity contribution is -0.115. The number of nitrogens with two attached hydrogens (primary N) is 1. The van der Waals surface area contributed by atoms with Crippen LogP contribution in [0.2, 0.25) is 0 Å². The molecule has 1 heterocycles. The predicted molar refractivity (Wildman–Crippen MR) is 95.4 cm³/mol. The van der Waals surface area contributed by atoms with Gasteiger partial charge in [-0.2, -0.15) is 0 Å². The molecule has 0 spiro atoms. The van der Waals surface area contributed by atoms with Gasteiger partial charge in [0.2, 0.25) is 5.91 Å². The van der Waals surface area contributed by atoms with E-state index in [1.165, 1.54) is 12.5 Å². The van der Waals surface area contributed by atoms with Crippen molar-refractivity contribution in [3.8, 4) is 0 Å². The van der Waals surface area contributed by atoms with Crippen LogP contribution in [0.4, 0.5) is 11.4 Å². The molecular weight excluding hydrogens is 302 g/mol. The SMILES string of the molecule is CC(=O)c1cccc(NC(=O)CN2CC(N)Cc3ccccc32)c1. The van der Waals surface area contributed by atoms with Gasteiger partial charge in [0.25, 0.3) is 0 Å². The number of ketones is 1. The number of para-hydroxylation sites is 1. The molecule has 0 aromatic heterocycles. The Morgan fingerprint density at radius 2 is 2.00 bits per heavy atom. The molecule has 5 nitrogen and oxygen atoms in total. The summed E-state index contributed by atoms with van der Waals surface area (Å²) in [5.74, 6) is -0.151. The fourth-order valence-electron chi connectivity index (χ4n) is 3.06. The normalized spacial score (nSPS) is 16.4. The van der Waals surface area contributed by atoms with Gasteiger partial charge >= 0.3 is 0 Å². The van der Waals surface area contributed by atoms with Crippen LogP contribution in [-0.2, 0) is 11.2 Å². The van der Waals surface area contributed by atoms with Gasteiger partial charge in [-0.1, -0.05) is 30.3 Å². The van der Waals surface area contributed by atoms with E-state index in [1.807, 2.05) is 23.1 Å². The molecule has 1 amide bonds. The predicted octanol–water partition coefficient (Wildman–Crippen LogP) is 2.22. The molecular formula is C19H21N3O2. The third-order valence-electron chi connectivity index (χ3n) is 4.16. The van der Waals surface area contributed by atoms with Gasteiger partial charge in [-0.05, 0) is 37.1 Å². The van der Waals surface area contributed by atoms with Crippen LogP contribution in [0.1, 0.15) is 22.8 Å². The van der Waals surface area contributed by atoms with Crippen LogP contribution in [0, 0.1) is 0 Å². The molecule has 5 heteroatoms. The van der Waals surface area contributed by atoms with Crippen molar-refractivity contribution >= 4 is 23.1 Å². The second-order valence-corrected chi connectivity index (χ2v) is 6.16. The molecule has 0 radical (unpaired) electrons. The maximum absolute atomic E-state index is 12.4. The summed E-state index contributed by atoms with van der Waals surface area (Å²) in [5, 5.41) is 2.86. The third-order valence-corrected chi connectivity index (χ3v) is 4.16. The number of nitrogens with zero attached hydrogens (tertiary/aromatic N) is 1. The molecule has 3 rings (SSSR count). The van der Waals surface area contributed by atoms with Gasteiger partial charge in [0.1, 0.15) is 0 Å². The average molecular weight is 323 g/mol. The molecule has 0 bridgehead atoms.